The summed E-state index contributed by atoms with van der Waals surface area (Å²) in [5.41, 5.74) is 0.129. The third-order valence-electron chi connectivity index (χ3n) is 2.78. The summed E-state index contributed by atoms with van der Waals surface area (Å²) in [5, 5.41) is 13.2. The van der Waals surface area contributed by atoms with Crippen LogP contribution in [-0.2, 0) is 4.74 Å². The van der Waals surface area contributed by atoms with Crippen LogP contribution in [0.3, 0.4) is 0 Å². The van der Waals surface area contributed by atoms with Crippen LogP contribution in [0.5, 0.6) is 0 Å². The van der Waals surface area contributed by atoms with Gasteiger partial charge in [-0.3, -0.25) is 14.9 Å². The van der Waals surface area contributed by atoms with E-state index in [1.54, 1.807) is 6.92 Å². The molecule has 0 unspecified atom stereocenters. The van der Waals surface area contributed by atoms with Crippen molar-refractivity contribution in [2.24, 2.45) is 0 Å². The maximum absolute atomic E-state index is 12.1. The molecule has 0 aliphatic heterocycles. The monoisotopic (exact) mass is 315 g/mol. The first-order valence-electron chi connectivity index (χ1n) is 6.71. The number of carbonyl (C=O) groups excluding carboxylic acids is 2. The molecule has 118 valence electrons. The Morgan fingerprint density at radius 2 is 1.91 bits per heavy atom. The van der Waals surface area contributed by atoms with Crippen LogP contribution in [0.1, 0.15) is 27.9 Å². The van der Waals surface area contributed by atoms with Gasteiger partial charge < -0.3 is 10.1 Å². The number of aromatic nitrogens is 1. The molecular weight excluding hydrogens is 302 g/mol. The van der Waals surface area contributed by atoms with Crippen molar-refractivity contribution in [3.05, 3.63) is 64.0 Å². The molecule has 0 aliphatic carbocycles. The van der Waals surface area contributed by atoms with Crippen LogP contribution in [0.25, 0.3) is 0 Å². The Morgan fingerprint density at radius 3 is 2.61 bits per heavy atom. The van der Waals surface area contributed by atoms with Gasteiger partial charge in [-0.15, -0.1) is 0 Å². The van der Waals surface area contributed by atoms with E-state index in [2.05, 4.69) is 10.3 Å². The normalized spacial score (nSPS) is 9.96. The van der Waals surface area contributed by atoms with Crippen LogP contribution in [0, 0.1) is 10.1 Å². The molecule has 0 fully saturated rings. The first-order chi connectivity index (χ1) is 11.0. The summed E-state index contributed by atoms with van der Waals surface area (Å²) in [6.07, 6.45) is 0. The summed E-state index contributed by atoms with van der Waals surface area (Å²) >= 11 is 0. The van der Waals surface area contributed by atoms with E-state index in [1.807, 2.05) is 0 Å². The minimum atomic E-state index is -0.627. The molecule has 1 aromatic carbocycles. The predicted molar refractivity (Wildman–Crippen MR) is 81.2 cm³/mol. The zero-order valence-electron chi connectivity index (χ0n) is 12.2. The van der Waals surface area contributed by atoms with E-state index in [0.29, 0.717) is 0 Å². The van der Waals surface area contributed by atoms with Gasteiger partial charge in [-0.25, -0.2) is 9.78 Å². The number of nitro benzene ring substituents is 1. The number of nitrogens with zero attached hydrogens (tertiary/aromatic N) is 2. The molecule has 2 rings (SSSR count). The van der Waals surface area contributed by atoms with Crippen LogP contribution in [0.2, 0.25) is 0 Å². The molecule has 0 saturated carbocycles. The van der Waals surface area contributed by atoms with E-state index in [4.69, 9.17) is 4.74 Å². The van der Waals surface area contributed by atoms with Crippen LogP contribution in [0.4, 0.5) is 11.4 Å². The van der Waals surface area contributed by atoms with Crippen molar-refractivity contribution in [3.63, 3.8) is 0 Å². The summed E-state index contributed by atoms with van der Waals surface area (Å²) in [6.45, 7) is 1.86. The van der Waals surface area contributed by atoms with E-state index in [1.165, 1.54) is 42.5 Å². The zero-order chi connectivity index (χ0) is 16.8. The maximum Gasteiger partial charge on any atom is 0.356 e. The van der Waals surface area contributed by atoms with E-state index >= 15 is 0 Å². The molecule has 0 atom stereocenters. The number of hydrogen-bond acceptors (Lipinski definition) is 6. The quantitative estimate of drug-likeness (QED) is 0.515. The van der Waals surface area contributed by atoms with Crippen LogP contribution in [-0.4, -0.2) is 28.4 Å². The highest BCUT2D eigenvalue weighted by Gasteiger charge is 2.14. The van der Waals surface area contributed by atoms with Gasteiger partial charge in [0.1, 0.15) is 11.4 Å². The Bertz CT molecular complexity index is 760. The lowest BCUT2D eigenvalue weighted by Crippen LogP contribution is -2.16. The number of non-ortho nitro benzene ring substituents is 1. The van der Waals surface area contributed by atoms with E-state index in [-0.39, 0.29) is 29.4 Å². The molecular formula is C15H13N3O5. The second-order valence-electron chi connectivity index (χ2n) is 4.39. The minimum absolute atomic E-state index is 0.00191. The van der Waals surface area contributed by atoms with Crippen molar-refractivity contribution in [3.8, 4) is 0 Å². The first kappa shape index (κ1) is 16.1. The highest BCUT2D eigenvalue weighted by atomic mass is 16.6. The fraction of sp³-hybridized carbons (Fsp3) is 0.133. The number of ether oxygens (including phenoxy) is 1. The lowest BCUT2D eigenvalue weighted by atomic mass is 10.2. The van der Waals surface area contributed by atoms with Crippen molar-refractivity contribution < 1.29 is 19.2 Å². The third kappa shape index (κ3) is 4.10. The number of amides is 1. The number of nitrogens with one attached hydrogen (secondary N) is 1. The van der Waals surface area contributed by atoms with Crippen LogP contribution in [0.15, 0.2) is 42.5 Å². The number of rotatable bonds is 5. The first-order valence-corrected chi connectivity index (χ1v) is 6.71. The molecule has 8 nitrogen and oxygen atoms in total. The van der Waals surface area contributed by atoms with Gasteiger partial charge in [0.05, 0.1) is 11.5 Å². The van der Waals surface area contributed by atoms with Gasteiger partial charge in [-0.1, -0.05) is 12.1 Å². The predicted octanol–water partition coefficient (Wildman–Crippen LogP) is 2.42. The molecule has 0 aliphatic rings. The standard InChI is InChI=1S/C15H13N3O5/c1-2-23-15(20)13-8-4-7-12(17-13)14(19)16-10-5-3-6-11(9-10)18(21)22/h3-9H,2H2,1H3,(H,16,19). The Balaban J connectivity index is 2.18. The van der Waals surface area contributed by atoms with Crippen molar-refractivity contribution in [2.45, 2.75) is 6.92 Å². The summed E-state index contributed by atoms with van der Waals surface area (Å²) in [5.74, 6) is -1.21. The van der Waals surface area contributed by atoms with E-state index < -0.39 is 16.8 Å². The third-order valence-corrected chi connectivity index (χ3v) is 2.78. The Labute approximate surface area is 131 Å². The second kappa shape index (κ2) is 7.12. The maximum atomic E-state index is 12.1. The molecule has 1 aromatic heterocycles. The topological polar surface area (TPSA) is 111 Å². The molecule has 0 radical (unpaired) electrons. The molecule has 1 heterocycles. The minimum Gasteiger partial charge on any atom is -0.461 e. The number of benzene rings is 1. The highest BCUT2D eigenvalue weighted by molar-refractivity contribution is 6.03. The number of nitro groups is 1. The molecule has 1 amide bonds. The number of carbonyl (C=O) groups is 2. The largest absolute Gasteiger partial charge is 0.461 e. The zero-order valence-corrected chi connectivity index (χ0v) is 12.2. The van der Waals surface area contributed by atoms with Gasteiger partial charge in [0.15, 0.2) is 0 Å². The summed E-state index contributed by atoms with van der Waals surface area (Å²) in [7, 11) is 0. The van der Waals surface area contributed by atoms with Gasteiger partial charge in [-0.2, -0.15) is 0 Å². The molecule has 0 bridgehead atoms. The van der Waals surface area contributed by atoms with Gasteiger partial charge in [0.2, 0.25) is 0 Å². The number of pyridine rings is 1. The summed E-state index contributed by atoms with van der Waals surface area (Å²) in [6, 6.07) is 9.87. The van der Waals surface area contributed by atoms with Crippen molar-refractivity contribution in [1.29, 1.82) is 0 Å². The van der Waals surface area contributed by atoms with Crippen molar-refractivity contribution in [1.82, 2.24) is 4.98 Å². The van der Waals surface area contributed by atoms with E-state index in [9.17, 15) is 19.7 Å². The lowest BCUT2D eigenvalue weighted by Gasteiger charge is -2.06. The van der Waals surface area contributed by atoms with Gasteiger partial charge in [0.25, 0.3) is 11.6 Å². The number of anilines is 1. The highest BCUT2D eigenvalue weighted by Crippen LogP contribution is 2.17. The van der Waals surface area contributed by atoms with E-state index in [0.717, 1.165) is 0 Å². The fourth-order valence-electron chi connectivity index (χ4n) is 1.77. The Morgan fingerprint density at radius 1 is 1.22 bits per heavy atom. The average Bonchev–Trinajstić information content (AvgIpc) is 2.55. The fourth-order valence-corrected chi connectivity index (χ4v) is 1.77. The molecule has 1 N–H and O–H groups in total. The summed E-state index contributed by atoms with van der Waals surface area (Å²) < 4.78 is 4.81. The Hall–Kier alpha value is -3.29. The number of esters is 1. The molecule has 0 saturated heterocycles. The molecule has 0 spiro atoms. The Kier molecular flexibility index (Phi) is 4.98. The van der Waals surface area contributed by atoms with Crippen LogP contribution >= 0.6 is 0 Å². The SMILES string of the molecule is CCOC(=O)c1cccc(C(=O)Nc2cccc([N+](=O)[O-])c2)n1. The summed E-state index contributed by atoms with van der Waals surface area (Å²) in [4.78, 5) is 37.8. The van der Waals surface area contributed by atoms with Crippen molar-refractivity contribution in [2.75, 3.05) is 11.9 Å². The average molecular weight is 315 g/mol. The molecule has 8 heteroatoms. The molecule has 2 aromatic rings. The van der Waals surface area contributed by atoms with Gasteiger partial charge >= 0.3 is 5.97 Å². The van der Waals surface area contributed by atoms with Crippen LogP contribution < -0.4 is 5.32 Å². The lowest BCUT2D eigenvalue weighted by molar-refractivity contribution is -0.384. The smallest absolute Gasteiger partial charge is 0.356 e. The van der Waals surface area contributed by atoms with Crippen molar-refractivity contribution >= 4 is 23.3 Å². The number of hydrogen-bond donors (Lipinski definition) is 1. The van der Waals surface area contributed by atoms with Gasteiger partial charge in [-0.05, 0) is 25.1 Å². The molecule has 23 heavy (non-hydrogen) atoms. The second-order valence-corrected chi connectivity index (χ2v) is 4.39. The van der Waals surface area contributed by atoms with Gasteiger partial charge in [0, 0.05) is 17.8 Å².